The molecule has 0 amide bonds. The van der Waals surface area contributed by atoms with Gasteiger partial charge >= 0.3 is 0 Å². The fourth-order valence-corrected chi connectivity index (χ4v) is 4.83. The van der Waals surface area contributed by atoms with Crippen LogP contribution in [0.5, 0.6) is 0 Å². The first-order chi connectivity index (χ1) is 25.3. The highest BCUT2D eigenvalue weighted by Gasteiger charge is 2.10. The van der Waals surface area contributed by atoms with Crippen molar-refractivity contribution >= 4 is 41.4 Å². The van der Waals surface area contributed by atoms with Crippen molar-refractivity contribution in [1.82, 2.24) is 4.98 Å². The second kappa shape index (κ2) is 37.0. The van der Waals surface area contributed by atoms with Crippen LogP contribution in [0.15, 0.2) is 142 Å². The monoisotopic (exact) mass is 895 g/mol. The van der Waals surface area contributed by atoms with E-state index in [4.69, 9.17) is 23.2 Å². The molecule has 0 aliphatic rings. The molecular weight excluding hydrogens is 835 g/mol. The number of pyridine rings is 5. The van der Waals surface area contributed by atoms with Crippen molar-refractivity contribution in [2.24, 2.45) is 0 Å². The molecule has 5 nitrogen and oxygen atoms in total. The number of hydrogen-bond donors (Lipinski definition) is 0. The fraction of sp³-hybridized carbons (Fsp3) is 0.326. The molecule has 0 aromatic carbocycles. The lowest BCUT2D eigenvalue weighted by molar-refractivity contribution is -0.778. The Balaban J connectivity index is -0.000000362. The first-order valence-electron chi connectivity index (χ1n) is 18.2. The Morgan fingerprint density at radius 2 is 0.737 bits per heavy atom. The van der Waals surface area contributed by atoms with Gasteiger partial charge in [-0.3, -0.25) is 4.98 Å². The number of halogens is 6. The van der Waals surface area contributed by atoms with Crippen molar-refractivity contribution in [2.45, 2.75) is 86.0 Å². The Hall–Kier alpha value is -3.29. The van der Waals surface area contributed by atoms with Crippen molar-refractivity contribution in [3.8, 4) is 0 Å². The normalized spacial score (nSPS) is 10.2. The van der Waals surface area contributed by atoms with Gasteiger partial charge in [-0.1, -0.05) is 73.1 Å². The minimum atomic E-state index is 0. The molecule has 5 aromatic heterocycles. The van der Waals surface area contributed by atoms with E-state index in [0.717, 1.165) is 42.9 Å². The van der Waals surface area contributed by atoms with E-state index in [1.54, 1.807) is 18.5 Å². The van der Waals surface area contributed by atoms with Gasteiger partial charge in [0.05, 0.1) is 0 Å². The molecule has 0 N–H and O–H groups in total. The van der Waals surface area contributed by atoms with Crippen LogP contribution in [0, 0.1) is 0 Å². The van der Waals surface area contributed by atoms with Crippen LogP contribution in [-0.4, -0.2) is 16.7 Å². The first kappa shape index (κ1) is 60.4. The third kappa shape index (κ3) is 24.9. The highest BCUT2D eigenvalue weighted by molar-refractivity contribution is 6.25. The SMILES string of the molecule is C.C=Cc1cc[n+](CC[n+]2ccc(C=C)cc2)cc1.C=Cc1ccncc1.CCC(C)c1cc[n+](CC[n+]2ccc(C(C)CC)cc2)cc1.ClCCCl.[Cl-].[Cl-].[Cl-].[Cl-]. The zero-order valence-corrected chi connectivity index (χ0v) is 37.8. The van der Waals surface area contributed by atoms with E-state index in [9.17, 15) is 0 Å². The van der Waals surface area contributed by atoms with Crippen molar-refractivity contribution in [3.05, 3.63) is 170 Å². The molecule has 5 aromatic rings. The smallest absolute Gasteiger partial charge is 0.206 e. The highest BCUT2D eigenvalue weighted by Crippen LogP contribution is 2.17. The maximum Gasteiger partial charge on any atom is 0.206 e. The van der Waals surface area contributed by atoms with Gasteiger partial charge in [0.25, 0.3) is 0 Å². The molecule has 57 heavy (non-hydrogen) atoms. The molecule has 5 heterocycles. The molecule has 0 bridgehead atoms. The quantitative estimate of drug-likeness (QED) is 0.0946. The summed E-state index contributed by atoms with van der Waals surface area (Å²) < 4.78 is 8.87. The lowest BCUT2D eigenvalue weighted by Gasteiger charge is -2.07. The summed E-state index contributed by atoms with van der Waals surface area (Å²) in [4.78, 5) is 3.85. The number of aryl methyl sites for hydroxylation is 4. The fourth-order valence-electron chi connectivity index (χ4n) is 4.83. The number of alkyl halides is 2. The van der Waals surface area contributed by atoms with Gasteiger partial charge in [0.1, 0.15) is 0 Å². The van der Waals surface area contributed by atoms with Crippen LogP contribution in [0.4, 0.5) is 0 Å². The molecule has 314 valence electrons. The summed E-state index contributed by atoms with van der Waals surface area (Å²) in [6.45, 7) is 24.1. The maximum absolute atomic E-state index is 5.05. The molecule has 0 saturated carbocycles. The van der Waals surface area contributed by atoms with Gasteiger partial charge in [-0.25, -0.2) is 0 Å². The summed E-state index contributed by atoms with van der Waals surface area (Å²) in [7, 11) is 0. The summed E-state index contributed by atoms with van der Waals surface area (Å²) in [5, 5.41) is 0. The maximum atomic E-state index is 5.05. The number of nitrogens with zero attached hydrogens (tertiary/aromatic N) is 5. The molecule has 0 saturated heterocycles. The van der Waals surface area contributed by atoms with E-state index in [0.29, 0.717) is 23.6 Å². The predicted octanol–water partition coefficient (Wildman–Crippen LogP) is -1.92. The average molecular weight is 899 g/mol. The van der Waals surface area contributed by atoms with E-state index in [1.165, 1.54) is 24.0 Å². The van der Waals surface area contributed by atoms with E-state index in [2.05, 4.69) is 169 Å². The summed E-state index contributed by atoms with van der Waals surface area (Å²) in [5.74, 6) is 2.41. The standard InChI is InChI=1S/C20H30N2.C16H18N2.C7H7N.C2H4Cl2.CH4.4ClH/c1-5-17(3)19-7-11-21(12-8-19)15-16-22-13-9-20(10-14-22)18(4)6-2;1-3-15-5-9-17(10-6-15)13-14-18-11-7-16(4-2)8-12-18;1-2-7-3-5-8-6-4-7;3-1-2-4;;;;;/h7-14,17-18H,5-6,15-16H2,1-4H3;3-12H,1-2,13-14H2;2-6H,1H2;1-2H2;1H4;4*1H/q2*+2;;;;;;;/p-4. The Bertz CT molecular complexity index is 1580. The van der Waals surface area contributed by atoms with Gasteiger partial charge in [-0.2, -0.15) is 18.3 Å². The van der Waals surface area contributed by atoms with Crippen LogP contribution in [0.25, 0.3) is 18.2 Å². The minimum Gasteiger partial charge on any atom is -1.00 e. The first-order valence-corrected chi connectivity index (χ1v) is 19.2. The second-order valence-electron chi connectivity index (χ2n) is 12.4. The van der Waals surface area contributed by atoms with Crippen molar-refractivity contribution in [1.29, 1.82) is 0 Å². The van der Waals surface area contributed by atoms with E-state index >= 15 is 0 Å². The van der Waals surface area contributed by atoms with Crippen molar-refractivity contribution in [3.63, 3.8) is 0 Å². The molecular formula is C46H63Cl6N5. The second-order valence-corrected chi connectivity index (χ2v) is 13.1. The largest absolute Gasteiger partial charge is 1.00 e. The summed E-state index contributed by atoms with van der Waals surface area (Å²) >= 11 is 10.1. The number of rotatable bonds is 14. The van der Waals surface area contributed by atoms with E-state index in [-0.39, 0.29) is 57.1 Å². The highest BCUT2D eigenvalue weighted by atomic mass is 35.5. The van der Waals surface area contributed by atoms with E-state index < -0.39 is 0 Å². The molecule has 2 atom stereocenters. The predicted molar refractivity (Wildman–Crippen MR) is 227 cm³/mol. The third-order valence-electron chi connectivity index (χ3n) is 8.75. The zero-order chi connectivity index (χ0) is 38.0. The Morgan fingerprint density at radius 3 is 0.947 bits per heavy atom. The molecule has 11 heteroatoms. The van der Waals surface area contributed by atoms with Gasteiger partial charge in [0.15, 0.2) is 49.6 Å². The molecule has 0 radical (unpaired) electrons. The Kier molecular flexibility index (Phi) is 39.2. The van der Waals surface area contributed by atoms with Crippen LogP contribution in [0.1, 0.15) is 87.6 Å². The summed E-state index contributed by atoms with van der Waals surface area (Å²) in [5.41, 5.74) is 6.28. The molecule has 0 aliphatic heterocycles. The zero-order valence-electron chi connectivity index (χ0n) is 33.2. The van der Waals surface area contributed by atoms with E-state index in [1.807, 2.05) is 24.3 Å². The van der Waals surface area contributed by atoms with Crippen molar-refractivity contribution in [2.75, 3.05) is 11.8 Å². The van der Waals surface area contributed by atoms with Crippen LogP contribution in [-0.2, 0) is 26.2 Å². The number of aromatic nitrogens is 5. The molecule has 5 rings (SSSR count). The van der Waals surface area contributed by atoms with Gasteiger partial charge in [-0.15, -0.1) is 23.2 Å². The van der Waals surface area contributed by atoms with Crippen LogP contribution in [0.2, 0.25) is 0 Å². The number of hydrogen-bond acceptors (Lipinski definition) is 1. The molecule has 0 aliphatic carbocycles. The summed E-state index contributed by atoms with van der Waals surface area (Å²) in [6, 6.07) is 21.1. The Labute approximate surface area is 379 Å². The van der Waals surface area contributed by atoms with Gasteiger partial charge in [0, 0.05) is 72.7 Å². The minimum absolute atomic E-state index is 0. The van der Waals surface area contributed by atoms with Gasteiger partial charge < -0.3 is 49.6 Å². The average Bonchev–Trinajstić information content (AvgIpc) is 3.23. The van der Waals surface area contributed by atoms with Gasteiger partial charge in [0.2, 0.25) is 26.2 Å². The van der Waals surface area contributed by atoms with Gasteiger partial charge in [-0.05, 0) is 64.6 Å². The van der Waals surface area contributed by atoms with Crippen LogP contribution >= 0.6 is 23.2 Å². The molecule has 0 spiro atoms. The summed E-state index contributed by atoms with van der Waals surface area (Å²) in [6.07, 6.45) is 28.5. The van der Waals surface area contributed by atoms with Crippen molar-refractivity contribution < 1.29 is 67.9 Å². The molecule has 2 unspecified atom stereocenters. The molecule has 0 fully saturated rings. The Morgan fingerprint density at radius 1 is 0.491 bits per heavy atom. The topological polar surface area (TPSA) is 28.4 Å². The lowest BCUT2D eigenvalue weighted by Crippen LogP contribution is -3.00. The van der Waals surface area contributed by atoms with Crippen LogP contribution < -0.4 is 67.9 Å². The third-order valence-corrected chi connectivity index (χ3v) is 9.32. The lowest BCUT2D eigenvalue weighted by atomic mass is 10.0. The van der Waals surface area contributed by atoms with Crippen LogP contribution in [0.3, 0.4) is 0 Å².